The zero-order valence-corrected chi connectivity index (χ0v) is 14.3. The van der Waals surface area contributed by atoms with E-state index < -0.39 is 0 Å². The first-order valence-electron chi connectivity index (χ1n) is 8.00. The zero-order valence-electron chi connectivity index (χ0n) is 12.7. The molecule has 0 radical (unpaired) electrons. The van der Waals surface area contributed by atoms with Crippen LogP contribution in [0.25, 0.3) is 0 Å². The van der Waals surface area contributed by atoms with Crippen molar-refractivity contribution in [2.24, 2.45) is 5.92 Å². The number of carbonyl (C=O) groups excluding carboxylic acids is 1. The molecule has 0 aromatic heterocycles. The van der Waals surface area contributed by atoms with E-state index in [4.69, 9.17) is 4.74 Å². The first kappa shape index (κ1) is 15.8. The average Bonchev–Trinajstić information content (AvgIpc) is 2.56. The van der Waals surface area contributed by atoms with E-state index >= 15 is 0 Å². The first-order valence-corrected chi connectivity index (χ1v) is 8.80. The molecule has 1 unspecified atom stereocenters. The Kier molecular flexibility index (Phi) is 4.99. The highest BCUT2D eigenvalue weighted by atomic mass is 79.9. The van der Waals surface area contributed by atoms with Gasteiger partial charge in [0.2, 0.25) is 5.91 Å². The molecule has 0 spiro atoms. The third kappa shape index (κ3) is 3.44. The molecule has 1 aromatic carbocycles. The van der Waals surface area contributed by atoms with Crippen molar-refractivity contribution in [1.29, 1.82) is 0 Å². The van der Waals surface area contributed by atoms with Crippen LogP contribution in [0, 0.1) is 5.92 Å². The van der Waals surface area contributed by atoms with E-state index in [1.165, 1.54) is 5.56 Å². The molecule has 0 saturated carbocycles. The Morgan fingerprint density at radius 1 is 1.27 bits per heavy atom. The molecule has 4 heteroatoms. The van der Waals surface area contributed by atoms with Gasteiger partial charge in [0.05, 0.1) is 5.54 Å². The van der Waals surface area contributed by atoms with Crippen LogP contribution in [0.4, 0.5) is 0 Å². The van der Waals surface area contributed by atoms with Crippen molar-refractivity contribution in [3.63, 3.8) is 0 Å². The Bertz CT molecular complexity index is 564. The van der Waals surface area contributed by atoms with Crippen LogP contribution < -0.4 is 5.32 Å². The molecule has 1 aliphatic heterocycles. The molecule has 1 aromatic rings. The van der Waals surface area contributed by atoms with Gasteiger partial charge in [-0.1, -0.05) is 40.2 Å². The van der Waals surface area contributed by atoms with Gasteiger partial charge in [-0.15, -0.1) is 0 Å². The predicted octanol–water partition coefficient (Wildman–Crippen LogP) is 3.93. The van der Waals surface area contributed by atoms with E-state index in [-0.39, 0.29) is 17.4 Å². The lowest BCUT2D eigenvalue weighted by molar-refractivity contribution is -0.128. The highest BCUT2D eigenvalue weighted by Crippen LogP contribution is 2.34. The summed E-state index contributed by atoms with van der Waals surface area (Å²) in [6, 6.07) is 8.28. The van der Waals surface area contributed by atoms with Gasteiger partial charge in [-0.2, -0.15) is 0 Å². The zero-order chi connectivity index (χ0) is 15.4. The fraction of sp³-hybridized carbons (Fsp3) is 0.500. The second kappa shape index (κ2) is 6.97. The van der Waals surface area contributed by atoms with Crippen LogP contribution in [0.2, 0.25) is 0 Å². The molecule has 1 heterocycles. The molecule has 3 rings (SSSR count). The monoisotopic (exact) mass is 363 g/mol. The standard InChI is InChI=1S/C18H22BrNO2/c19-16-8-4-7-15(13-16)18(9-11-22-12-10-18)20-17(21)14-5-2-1-3-6-14/h1-2,4,7-8,13-14H,3,5-6,9-12H2,(H,20,21). The van der Waals surface area contributed by atoms with Gasteiger partial charge in [0, 0.05) is 23.6 Å². The number of rotatable bonds is 3. The van der Waals surface area contributed by atoms with Gasteiger partial charge < -0.3 is 10.1 Å². The molecule has 118 valence electrons. The SMILES string of the molecule is O=C(NC1(c2cccc(Br)c2)CCOCC1)C1CC=CCC1. The summed E-state index contributed by atoms with van der Waals surface area (Å²) in [7, 11) is 0. The fourth-order valence-electron chi connectivity index (χ4n) is 3.36. The van der Waals surface area contributed by atoms with Crippen LogP contribution in [-0.4, -0.2) is 19.1 Å². The quantitative estimate of drug-likeness (QED) is 0.826. The Balaban J connectivity index is 1.83. The summed E-state index contributed by atoms with van der Waals surface area (Å²) in [5.74, 6) is 0.295. The number of hydrogen-bond donors (Lipinski definition) is 1. The number of carbonyl (C=O) groups is 1. The van der Waals surface area contributed by atoms with Crippen LogP contribution in [0.1, 0.15) is 37.7 Å². The summed E-state index contributed by atoms with van der Waals surface area (Å²) in [5, 5.41) is 3.37. The van der Waals surface area contributed by atoms with Crippen molar-refractivity contribution in [3.05, 3.63) is 46.5 Å². The number of hydrogen-bond acceptors (Lipinski definition) is 2. The van der Waals surface area contributed by atoms with E-state index in [0.717, 1.165) is 36.6 Å². The average molecular weight is 364 g/mol. The van der Waals surface area contributed by atoms with Gasteiger partial charge in [-0.25, -0.2) is 0 Å². The minimum Gasteiger partial charge on any atom is -0.381 e. The largest absolute Gasteiger partial charge is 0.381 e. The smallest absolute Gasteiger partial charge is 0.224 e. The van der Waals surface area contributed by atoms with Crippen molar-refractivity contribution >= 4 is 21.8 Å². The Hall–Kier alpha value is -1.13. The maximum absolute atomic E-state index is 12.7. The molecule has 0 bridgehead atoms. The van der Waals surface area contributed by atoms with Gasteiger partial charge in [0.25, 0.3) is 0 Å². The van der Waals surface area contributed by atoms with E-state index in [0.29, 0.717) is 13.2 Å². The van der Waals surface area contributed by atoms with Gasteiger partial charge in [0.15, 0.2) is 0 Å². The van der Waals surface area contributed by atoms with Crippen molar-refractivity contribution in [3.8, 4) is 0 Å². The molecule has 1 amide bonds. The summed E-state index contributed by atoms with van der Waals surface area (Å²) in [6.45, 7) is 1.38. The van der Waals surface area contributed by atoms with E-state index in [1.54, 1.807) is 0 Å². The van der Waals surface area contributed by atoms with Crippen molar-refractivity contribution in [1.82, 2.24) is 5.32 Å². The van der Waals surface area contributed by atoms with Crippen molar-refractivity contribution in [2.45, 2.75) is 37.6 Å². The summed E-state index contributed by atoms with van der Waals surface area (Å²) in [6.07, 6.45) is 8.77. The normalized spacial score (nSPS) is 24.0. The highest BCUT2D eigenvalue weighted by molar-refractivity contribution is 9.10. The fourth-order valence-corrected chi connectivity index (χ4v) is 3.76. The Labute approximate surface area is 140 Å². The topological polar surface area (TPSA) is 38.3 Å². The van der Waals surface area contributed by atoms with Gasteiger partial charge in [-0.3, -0.25) is 4.79 Å². The molecule has 1 fully saturated rings. The van der Waals surface area contributed by atoms with Crippen LogP contribution in [-0.2, 0) is 15.1 Å². The maximum Gasteiger partial charge on any atom is 0.224 e. The summed E-state index contributed by atoms with van der Waals surface area (Å²) in [4.78, 5) is 12.7. The number of benzene rings is 1. The number of amides is 1. The maximum atomic E-state index is 12.7. The van der Waals surface area contributed by atoms with E-state index in [2.05, 4.69) is 45.5 Å². The lowest BCUT2D eigenvalue weighted by Gasteiger charge is -2.39. The number of nitrogens with one attached hydrogen (secondary N) is 1. The first-order chi connectivity index (χ1) is 10.7. The lowest BCUT2D eigenvalue weighted by atomic mass is 9.81. The Morgan fingerprint density at radius 3 is 2.77 bits per heavy atom. The molecule has 1 aliphatic carbocycles. The van der Waals surface area contributed by atoms with Crippen LogP contribution in [0.3, 0.4) is 0 Å². The summed E-state index contributed by atoms with van der Waals surface area (Å²) in [5.41, 5.74) is 0.880. The second-order valence-electron chi connectivity index (χ2n) is 6.18. The summed E-state index contributed by atoms with van der Waals surface area (Å²) >= 11 is 3.54. The van der Waals surface area contributed by atoms with Crippen LogP contribution in [0.5, 0.6) is 0 Å². The van der Waals surface area contributed by atoms with Gasteiger partial charge in [0.1, 0.15) is 0 Å². The van der Waals surface area contributed by atoms with Crippen LogP contribution >= 0.6 is 15.9 Å². The third-order valence-corrected chi connectivity index (χ3v) is 5.22. The molecule has 1 N–H and O–H groups in total. The van der Waals surface area contributed by atoms with E-state index in [9.17, 15) is 4.79 Å². The van der Waals surface area contributed by atoms with E-state index in [1.807, 2.05) is 12.1 Å². The van der Waals surface area contributed by atoms with Gasteiger partial charge in [-0.05, 0) is 49.8 Å². The molecule has 3 nitrogen and oxygen atoms in total. The molecular formula is C18H22BrNO2. The Morgan fingerprint density at radius 2 is 2.09 bits per heavy atom. The molecule has 2 aliphatic rings. The minimum absolute atomic E-state index is 0.108. The summed E-state index contributed by atoms with van der Waals surface area (Å²) < 4.78 is 6.58. The van der Waals surface area contributed by atoms with Crippen molar-refractivity contribution in [2.75, 3.05) is 13.2 Å². The molecular weight excluding hydrogens is 342 g/mol. The third-order valence-electron chi connectivity index (χ3n) is 4.73. The minimum atomic E-state index is -0.291. The van der Waals surface area contributed by atoms with Crippen LogP contribution in [0.15, 0.2) is 40.9 Å². The highest BCUT2D eigenvalue weighted by Gasteiger charge is 2.37. The van der Waals surface area contributed by atoms with Crippen molar-refractivity contribution < 1.29 is 9.53 Å². The van der Waals surface area contributed by atoms with Gasteiger partial charge >= 0.3 is 0 Å². The molecule has 1 atom stereocenters. The number of halogens is 1. The predicted molar refractivity (Wildman–Crippen MR) is 90.5 cm³/mol. The number of allylic oxidation sites excluding steroid dienone is 2. The number of ether oxygens (including phenoxy) is 1. The molecule has 22 heavy (non-hydrogen) atoms. The second-order valence-corrected chi connectivity index (χ2v) is 7.09. The molecule has 1 saturated heterocycles. The lowest BCUT2D eigenvalue weighted by Crippen LogP contribution is -2.51.